The van der Waals surface area contributed by atoms with E-state index in [0.29, 0.717) is 18.8 Å². The number of nitrogens with zero attached hydrogens (tertiary/aromatic N) is 2. The number of furan rings is 1. The normalized spacial score (nSPS) is 10.6. The van der Waals surface area contributed by atoms with E-state index in [1.807, 2.05) is 42.5 Å². The second-order valence-corrected chi connectivity index (χ2v) is 6.57. The molecule has 0 bridgehead atoms. The van der Waals surface area contributed by atoms with Crippen molar-refractivity contribution in [2.75, 3.05) is 0 Å². The number of hydrogen-bond acceptors (Lipinski definition) is 3. The van der Waals surface area contributed by atoms with Crippen LogP contribution in [0.1, 0.15) is 21.7 Å². The maximum atomic E-state index is 13.0. The molecule has 0 atom stereocenters. The quantitative estimate of drug-likeness (QED) is 0.471. The summed E-state index contributed by atoms with van der Waals surface area (Å²) in [6.45, 7) is 0.942. The molecule has 28 heavy (non-hydrogen) atoms. The van der Waals surface area contributed by atoms with Gasteiger partial charge in [0.1, 0.15) is 0 Å². The molecule has 4 rings (SSSR count). The van der Waals surface area contributed by atoms with E-state index in [1.165, 1.54) is 6.26 Å². The molecular formula is C24H20N2O2. The van der Waals surface area contributed by atoms with Gasteiger partial charge in [-0.25, -0.2) is 0 Å². The largest absolute Gasteiger partial charge is 0.459 e. The summed E-state index contributed by atoms with van der Waals surface area (Å²) in [5.41, 5.74) is 4.32. The van der Waals surface area contributed by atoms with Crippen molar-refractivity contribution in [3.63, 3.8) is 0 Å². The summed E-state index contributed by atoms with van der Waals surface area (Å²) in [6, 6.07) is 25.8. The fourth-order valence-corrected chi connectivity index (χ4v) is 3.17. The summed E-state index contributed by atoms with van der Waals surface area (Å²) in [6.07, 6.45) is 5.03. The molecule has 138 valence electrons. The molecule has 0 N–H and O–H groups in total. The molecule has 4 heteroatoms. The van der Waals surface area contributed by atoms with E-state index in [4.69, 9.17) is 4.42 Å². The summed E-state index contributed by atoms with van der Waals surface area (Å²) in [4.78, 5) is 18.9. The average molecular weight is 368 g/mol. The lowest BCUT2D eigenvalue weighted by atomic mass is 10.0. The SMILES string of the molecule is O=C(c1ccco1)N(Cc1cccnc1)Cc1cccc(-c2ccccc2)c1. The molecule has 2 aromatic heterocycles. The fraction of sp³-hybridized carbons (Fsp3) is 0.0833. The summed E-state index contributed by atoms with van der Waals surface area (Å²) in [7, 11) is 0. The second-order valence-electron chi connectivity index (χ2n) is 6.57. The summed E-state index contributed by atoms with van der Waals surface area (Å²) in [5.74, 6) is 0.196. The Labute approximate surface area is 164 Å². The zero-order valence-electron chi connectivity index (χ0n) is 15.4. The molecular weight excluding hydrogens is 348 g/mol. The highest BCUT2D eigenvalue weighted by atomic mass is 16.3. The highest BCUT2D eigenvalue weighted by molar-refractivity contribution is 5.91. The second kappa shape index (κ2) is 8.35. The van der Waals surface area contributed by atoms with Crippen LogP contribution in [-0.4, -0.2) is 15.8 Å². The zero-order valence-corrected chi connectivity index (χ0v) is 15.4. The van der Waals surface area contributed by atoms with Gasteiger partial charge in [0, 0.05) is 25.5 Å². The maximum Gasteiger partial charge on any atom is 0.290 e. The smallest absolute Gasteiger partial charge is 0.290 e. The molecule has 0 saturated heterocycles. The first-order valence-electron chi connectivity index (χ1n) is 9.15. The number of hydrogen-bond donors (Lipinski definition) is 0. The zero-order chi connectivity index (χ0) is 19.2. The van der Waals surface area contributed by atoms with Gasteiger partial charge in [-0.3, -0.25) is 9.78 Å². The van der Waals surface area contributed by atoms with Crippen molar-refractivity contribution in [2.45, 2.75) is 13.1 Å². The van der Waals surface area contributed by atoms with Crippen LogP contribution in [0.5, 0.6) is 0 Å². The number of carbonyl (C=O) groups is 1. The van der Waals surface area contributed by atoms with Crippen LogP contribution in [0.3, 0.4) is 0 Å². The van der Waals surface area contributed by atoms with E-state index in [9.17, 15) is 4.79 Å². The van der Waals surface area contributed by atoms with Crippen LogP contribution in [0.4, 0.5) is 0 Å². The summed E-state index contributed by atoms with van der Waals surface area (Å²) in [5, 5.41) is 0. The fourth-order valence-electron chi connectivity index (χ4n) is 3.17. The Morgan fingerprint density at radius 1 is 0.821 bits per heavy atom. The van der Waals surface area contributed by atoms with Crippen LogP contribution in [-0.2, 0) is 13.1 Å². The first-order chi connectivity index (χ1) is 13.8. The highest BCUT2D eigenvalue weighted by Crippen LogP contribution is 2.22. The van der Waals surface area contributed by atoms with Crippen LogP contribution < -0.4 is 0 Å². The van der Waals surface area contributed by atoms with Gasteiger partial charge in [-0.1, -0.05) is 54.6 Å². The minimum absolute atomic E-state index is 0.140. The van der Waals surface area contributed by atoms with Gasteiger partial charge in [0.25, 0.3) is 5.91 Å². The molecule has 0 saturated carbocycles. The van der Waals surface area contributed by atoms with Gasteiger partial charge in [-0.05, 0) is 46.5 Å². The van der Waals surface area contributed by atoms with Crippen LogP contribution in [0.25, 0.3) is 11.1 Å². The Morgan fingerprint density at radius 2 is 1.61 bits per heavy atom. The molecule has 4 nitrogen and oxygen atoms in total. The van der Waals surface area contributed by atoms with Gasteiger partial charge >= 0.3 is 0 Å². The lowest BCUT2D eigenvalue weighted by molar-refractivity contribution is 0.0697. The molecule has 2 aromatic carbocycles. The third kappa shape index (κ3) is 4.18. The van der Waals surface area contributed by atoms with Crippen molar-refractivity contribution in [3.05, 3.63) is 114 Å². The van der Waals surface area contributed by atoms with Gasteiger partial charge in [0.2, 0.25) is 0 Å². The van der Waals surface area contributed by atoms with E-state index in [-0.39, 0.29) is 5.91 Å². The molecule has 0 aliphatic heterocycles. The Hall–Kier alpha value is -3.66. The van der Waals surface area contributed by atoms with Crippen molar-refractivity contribution < 1.29 is 9.21 Å². The van der Waals surface area contributed by atoms with Crippen LogP contribution in [0.2, 0.25) is 0 Å². The lowest BCUT2D eigenvalue weighted by Crippen LogP contribution is -2.29. The molecule has 4 aromatic rings. The van der Waals surface area contributed by atoms with E-state index < -0.39 is 0 Å². The monoisotopic (exact) mass is 368 g/mol. The molecule has 0 aliphatic carbocycles. The third-order valence-electron chi connectivity index (χ3n) is 4.52. The topological polar surface area (TPSA) is 46.3 Å². The number of pyridine rings is 1. The summed E-state index contributed by atoms with van der Waals surface area (Å²) < 4.78 is 5.34. The minimum atomic E-state index is -0.140. The number of aromatic nitrogens is 1. The van der Waals surface area contributed by atoms with Gasteiger partial charge < -0.3 is 9.32 Å². The Kier molecular flexibility index (Phi) is 5.29. The van der Waals surface area contributed by atoms with Gasteiger partial charge in [-0.15, -0.1) is 0 Å². The van der Waals surface area contributed by atoms with E-state index in [2.05, 4.69) is 29.2 Å². The molecule has 0 radical (unpaired) electrons. The lowest BCUT2D eigenvalue weighted by Gasteiger charge is -2.22. The number of amides is 1. The first kappa shape index (κ1) is 17.7. The Morgan fingerprint density at radius 3 is 2.36 bits per heavy atom. The van der Waals surface area contributed by atoms with Gasteiger partial charge in [0.15, 0.2) is 5.76 Å². The predicted octanol–water partition coefficient (Wildman–Crippen LogP) is 5.18. The molecule has 0 fully saturated rings. The van der Waals surface area contributed by atoms with Crippen molar-refractivity contribution >= 4 is 5.91 Å². The van der Waals surface area contributed by atoms with Gasteiger partial charge in [0.05, 0.1) is 6.26 Å². The van der Waals surface area contributed by atoms with Crippen molar-refractivity contribution in [1.82, 2.24) is 9.88 Å². The molecule has 0 unspecified atom stereocenters. The Bertz CT molecular complexity index is 1030. The van der Waals surface area contributed by atoms with Crippen molar-refractivity contribution in [1.29, 1.82) is 0 Å². The van der Waals surface area contributed by atoms with Crippen LogP contribution in [0.15, 0.2) is 102 Å². The summed E-state index contributed by atoms with van der Waals surface area (Å²) >= 11 is 0. The van der Waals surface area contributed by atoms with E-state index in [0.717, 1.165) is 22.3 Å². The molecule has 1 amide bonds. The molecule has 2 heterocycles. The number of rotatable bonds is 6. The average Bonchev–Trinajstić information content (AvgIpc) is 3.29. The van der Waals surface area contributed by atoms with E-state index in [1.54, 1.807) is 29.4 Å². The van der Waals surface area contributed by atoms with Crippen molar-refractivity contribution in [2.24, 2.45) is 0 Å². The van der Waals surface area contributed by atoms with Crippen LogP contribution in [0, 0.1) is 0 Å². The van der Waals surface area contributed by atoms with E-state index >= 15 is 0 Å². The molecule has 0 aliphatic rings. The maximum absolute atomic E-state index is 13.0. The molecule has 0 spiro atoms. The standard InChI is InChI=1S/C24H20N2O2/c27-24(23-12-6-14-28-23)26(18-20-8-5-13-25-16-20)17-19-7-4-11-22(15-19)21-9-2-1-3-10-21/h1-16H,17-18H2. The van der Waals surface area contributed by atoms with Gasteiger partial charge in [-0.2, -0.15) is 0 Å². The number of benzene rings is 2. The van der Waals surface area contributed by atoms with Crippen LogP contribution >= 0.6 is 0 Å². The Balaban J connectivity index is 1.61. The predicted molar refractivity (Wildman–Crippen MR) is 108 cm³/mol. The highest BCUT2D eigenvalue weighted by Gasteiger charge is 2.19. The van der Waals surface area contributed by atoms with Crippen molar-refractivity contribution in [3.8, 4) is 11.1 Å². The first-order valence-corrected chi connectivity index (χ1v) is 9.15. The third-order valence-corrected chi connectivity index (χ3v) is 4.52. The minimum Gasteiger partial charge on any atom is -0.459 e. The number of carbonyl (C=O) groups excluding carboxylic acids is 1.